The molecule has 158 valence electrons. The summed E-state index contributed by atoms with van der Waals surface area (Å²) in [7, 11) is 0. The lowest BCUT2D eigenvalue weighted by atomic mass is 10.1. The SMILES string of the molecule is C=CCn1c(COc2ccc(Br)cc2)nnc1SCc1csc(-c2cccc(C)c2)n1. The fourth-order valence-corrected chi connectivity index (χ4v) is 4.99. The Hall–Kier alpha value is -2.42. The molecule has 4 aromatic rings. The molecule has 5 nitrogen and oxygen atoms in total. The molecule has 0 saturated heterocycles. The Morgan fingerprint density at radius 3 is 2.81 bits per heavy atom. The van der Waals surface area contributed by atoms with E-state index in [0.29, 0.717) is 13.2 Å². The van der Waals surface area contributed by atoms with E-state index in [0.717, 1.165) is 43.2 Å². The normalized spacial score (nSPS) is 10.9. The minimum Gasteiger partial charge on any atom is -0.486 e. The lowest BCUT2D eigenvalue weighted by Crippen LogP contribution is -2.07. The molecule has 0 N–H and O–H groups in total. The number of thiazole rings is 1. The van der Waals surface area contributed by atoms with Gasteiger partial charge in [0.15, 0.2) is 11.0 Å². The van der Waals surface area contributed by atoms with Gasteiger partial charge in [0.05, 0.1) is 5.69 Å². The molecule has 2 aromatic heterocycles. The minimum absolute atomic E-state index is 0.344. The first-order chi connectivity index (χ1) is 15.1. The van der Waals surface area contributed by atoms with Gasteiger partial charge in [-0.25, -0.2) is 4.98 Å². The molecule has 0 atom stereocenters. The van der Waals surface area contributed by atoms with Crippen molar-refractivity contribution in [3.8, 4) is 16.3 Å². The van der Waals surface area contributed by atoms with Gasteiger partial charge in [0, 0.05) is 27.7 Å². The van der Waals surface area contributed by atoms with Gasteiger partial charge < -0.3 is 4.74 Å². The number of aryl methyl sites for hydroxylation is 1. The molecule has 2 aromatic carbocycles. The third-order valence-corrected chi connectivity index (χ3v) is 6.92. The van der Waals surface area contributed by atoms with Crippen LogP contribution in [-0.4, -0.2) is 19.7 Å². The van der Waals surface area contributed by atoms with E-state index in [2.05, 4.69) is 69.3 Å². The van der Waals surface area contributed by atoms with Gasteiger partial charge in [-0.1, -0.05) is 57.5 Å². The second kappa shape index (κ2) is 10.3. The lowest BCUT2D eigenvalue weighted by Gasteiger charge is -2.09. The molecule has 0 aliphatic heterocycles. The molecule has 0 aliphatic carbocycles. The zero-order valence-electron chi connectivity index (χ0n) is 17.0. The smallest absolute Gasteiger partial charge is 0.191 e. The van der Waals surface area contributed by atoms with E-state index in [-0.39, 0.29) is 0 Å². The number of hydrogen-bond donors (Lipinski definition) is 0. The van der Waals surface area contributed by atoms with Crippen LogP contribution in [-0.2, 0) is 18.9 Å². The first-order valence-electron chi connectivity index (χ1n) is 9.68. The second-order valence-corrected chi connectivity index (χ2v) is 9.56. The molecular formula is C23H21BrN4OS2. The highest BCUT2D eigenvalue weighted by molar-refractivity contribution is 9.10. The molecular weight excluding hydrogens is 492 g/mol. The topological polar surface area (TPSA) is 52.8 Å². The van der Waals surface area contributed by atoms with E-state index in [1.165, 1.54) is 5.56 Å². The molecule has 2 heterocycles. The van der Waals surface area contributed by atoms with Crippen molar-refractivity contribution in [2.45, 2.75) is 31.0 Å². The fourth-order valence-electron chi connectivity index (χ4n) is 2.95. The number of halogens is 1. The van der Waals surface area contributed by atoms with E-state index >= 15 is 0 Å². The lowest BCUT2D eigenvalue weighted by molar-refractivity contribution is 0.289. The van der Waals surface area contributed by atoms with Gasteiger partial charge in [0.1, 0.15) is 17.4 Å². The summed E-state index contributed by atoms with van der Waals surface area (Å²) in [6, 6.07) is 16.2. The van der Waals surface area contributed by atoms with Crippen LogP contribution >= 0.6 is 39.0 Å². The molecule has 0 unspecified atom stereocenters. The van der Waals surface area contributed by atoms with Crippen molar-refractivity contribution in [2.24, 2.45) is 0 Å². The van der Waals surface area contributed by atoms with E-state index in [4.69, 9.17) is 9.72 Å². The van der Waals surface area contributed by atoms with Gasteiger partial charge in [-0.2, -0.15) is 0 Å². The van der Waals surface area contributed by atoms with Crippen LogP contribution in [0.25, 0.3) is 10.6 Å². The molecule has 0 radical (unpaired) electrons. The van der Waals surface area contributed by atoms with Crippen LogP contribution in [0.15, 0.2) is 76.2 Å². The average Bonchev–Trinajstić information content (AvgIpc) is 3.39. The Bertz CT molecular complexity index is 1170. The molecule has 8 heteroatoms. The summed E-state index contributed by atoms with van der Waals surface area (Å²) < 4.78 is 8.92. The Morgan fingerprint density at radius 1 is 1.19 bits per heavy atom. The summed E-state index contributed by atoms with van der Waals surface area (Å²) >= 11 is 6.72. The number of rotatable bonds is 9. The predicted molar refractivity (Wildman–Crippen MR) is 131 cm³/mol. The third-order valence-electron chi connectivity index (χ3n) is 4.45. The molecule has 0 spiro atoms. The highest BCUT2D eigenvalue weighted by Gasteiger charge is 2.14. The molecule has 31 heavy (non-hydrogen) atoms. The van der Waals surface area contributed by atoms with Crippen LogP contribution in [0, 0.1) is 6.92 Å². The first-order valence-corrected chi connectivity index (χ1v) is 12.3. The number of allylic oxidation sites excluding steroid dienone is 1. The van der Waals surface area contributed by atoms with E-state index in [9.17, 15) is 0 Å². The summed E-state index contributed by atoms with van der Waals surface area (Å²) in [4.78, 5) is 4.79. The summed E-state index contributed by atoms with van der Waals surface area (Å²) in [5.41, 5.74) is 3.43. The molecule has 0 saturated carbocycles. The number of hydrogen-bond acceptors (Lipinski definition) is 6. The molecule has 4 rings (SSSR count). The number of thioether (sulfide) groups is 1. The Kier molecular flexibility index (Phi) is 7.21. The van der Waals surface area contributed by atoms with Gasteiger partial charge in [-0.3, -0.25) is 4.57 Å². The molecule has 0 aliphatic rings. The van der Waals surface area contributed by atoms with Crippen molar-refractivity contribution in [1.29, 1.82) is 0 Å². The van der Waals surface area contributed by atoms with Crippen LogP contribution in [0.3, 0.4) is 0 Å². The number of aromatic nitrogens is 4. The van der Waals surface area contributed by atoms with E-state index in [1.54, 1.807) is 23.1 Å². The first kappa shape index (κ1) is 21.8. The Balaban J connectivity index is 1.42. The highest BCUT2D eigenvalue weighted by Crippen LogP contribution is 2.28. The van der Waals surface area contributed by atoms with E-state index < -0.39 is 0 Å². The molecule has 0 bridgehead atoms. The van der Waals surface area contributed by atoms with Crippen molar-refractivity contribution in [3.63, 3.8) is 0 Å². The van der Waals surface area contributed by atoms with Gasteiger partial charge >= 0.3 is 0 Å². The summed E-state index contributed by atoms with van der Waals surface area (Å²) in [6.45, 7) is 6.93. The summed E-state index contributed by atoms with van der Waals surface area (Å²) in [5.74, 6) is 2.28. The quantitative estimate of drug-likeness (QED) is 0.188. The monoisotopic (exact) mass is 512 g/mol. The number of benzene rings is 2. The van der Waals surface area contributed by atoms with Gasteiger partial charge in [0.25, 0.3) is 0 Å². The maximum Gasteiger partial charge on any atom is 0.191 e. The van der Waals surface area contributed by atoms with Crippen LogP contribution < -0.4 is 4.74 Å². The zero-order chi connectivity index (χ0) is 21.6. The molecule has 0 amide bonds. The van der Waals surface area contributed by atoms with Crippen molar-refractivity contribution < 1.29 is 4.74 Å². The van der Waals surface area contributed by atoms with Gasteiger partial charge in [-0.15, -0.1) is 28.1 Å². The highest BCUT2D eigenvalue weighted by atomic mass is 79.9. The second-order valence-electron chi connectivity index (χ2n) is 6.84. The van der Waals surface area contributed by atoms with Crippen molar-refractivity contribution >= 4 is 39.0 Å². The molecule has 0 fully saturated rings. The number of nitrogens with zero attached hydrogens (tertiary/aromatic N) is 4. The van der Waals surface area contributed by atoms with Crippen LogP contribution in [0.2, 0.25) is 0 Å². The average molecular weight is 513 g/mol. The standard InChI is InChI=1S/C23H21BrN4OS2/c1-3-11-28-21(13-29-20-9-7-18(24)8-10-20)26-27-23(28)31-15-19-14-30-22(25-19)17-6-4-5-16(2)12-17/h3-10,12,14H,1,11,13,15H2,2H3. The van der Waals surface area contributed by atoms with E-state index in [1.807, 2.05) is 34.9 Å². The van der Waals surface area contributed by atoms with Crippen molar-refractivity contribution in [2.75, 3.05) is 0 Å². The Labute approximate surface area is 198 Å². The largest absolute Gasteiger partial charge is 0.486 e. The van der Waals surface area contributed by atoms with Crippen LogP contribution in [0.1, 0.15) is 17.1 Å². The van der Waals surface area contributed by atoms with Crippen molar-refractivity contribution in [1.82, 2.24) is 19.7 Å². The maximum absolute atomic E-state index is 5.87. The van der Waals surface area contributed by atoms with Crippen LogP contribution in [0.4, 0.5) is 0 Å². The predicted octanol–water partition coefficient (Wildman–Crippen LogP) is 6.53. The van der Waals surface area contributed by atoms with Crippen molar-refractivity contribution in [3.05, 3.63) is 88.1 Å². The minimum atomic E-state index is 0.344. The summed E-state index contributed by atoms with van der Waals surface area (Å²) in [6.07, 6.45) is 1.84. The van der Waals surface area contributed by atoms with Gasteiger partial charge in [0.2, 0.25) is 0 Å². The fraction of sp³-hybridized carbons (Fsp3) is 0.174. The van der Waals surface area contributed by atoms with Crippen LogP contribution in [0.5, 0.6) is 5.75 Å². The van der Waals surface area contributed by atoms with Gasteiger partial charge in [-0.05, 0) is 37.3 Å². The third kappa shape index (κ3) is 5.64. The Morgan fingerprint density at radius 2 is 2.03 bits per heavy atom. The maximum atomic E-state index is 5.87. The number of ether oxygens (including phenoxy) is 1. The summed E-state index contributed by atoms with van der Waals surface area (Å²) in [5, 5.41) is 12.7. The zero-order valence-corrected chi connectivity index (χ0v) is 20.2.